The molecular weight excluding hydrogens is 390 g/mol. The lowest BCUT2D eigenvalue weighted by molar-refractivity contribution is -0.121. The zero-order valence-corrected chi connectivity index (χ0v) is 15.4. The second-order valence-corrected chi connectivity index (χ2v) is 7.28. The van der Waals surface area contributed by atoms with Crippen LogP contribution in [0.25, 0.3) is 0 Å². The second-order valence-electron chi connectivity index (χ2n) is 5.72. The molecular formula is C16H17N5O6S. The monoisotopic (exact) mass is 407 g/mol. The predicted octanol–water partition coefficient (Wildman–Crippen LogP) is -1.29. The van der Waals surface area contributed by atoms with Gasteiger partial charge in [0.25, 0.3) is 11.7 Å². The van der Waals surface area contributed by atoms with E-state index in [1.807, 2.05) is 0 Å². The van der Waals surface area contributed by atoms with Crippen molar-refractivity contribution >= 4 is 39.2 Å². The lowest BCUT2D eigenvalue weighted by Gasteiger charge is -2.07. The van der Waals surface area contributed by atoms with E-state index >= 15 is 0 Å². The minimum atomic E-state index is -4.04. The molecule has 1 heterocycles. The highest BCUT2D eigenvalue weighted by atomic mass is 32.2. The molecule has 0 radical (unpaired) electrons. The molecule has 0 bridgehead atoms. The first-order valence-electron chi connectivity index (χ1n) is 7.70. The minimum Gasteiger partial charge on any atom is -0.366 e. The van der Waals surface area contributed by atoms with Gasteiger partial charge in [-0.25, -0.2) is 13.6 Å². The molecule has 0 atom stereocenters. The Morgan fingerprint density at radius 3 is 2.39 bits per heavy atom. The molecule has 0 fully saturated rings. The number of carbonyl (C=O) groups is 4. The van der Waals surface area contributed by atoms with E-state index in [-0.39, 0.29) is 21.8 Å². The van der Waals surface area contributed by atoms with Crippen molar-refractivity contribution in [3.05, 3.63) is 47.8 Å². The van der Waals surface area contributed by atoms with E-state index in [0.717, 1.165) is 16.8 Å². The lowest BCUT2D eigenvalue weighted by Crippen LogP contribution is -2.37. The molecule has 6 N–H and O–H groups in total. The smallest absolute Gasteiger partial charge is 0.294 e. The highest BCUT2D eigenvalue weighted by Crippen LogP contribution is 2.12. The average Bonchev–Trinajstić information content (AvgIpc) is 3.01. The Hall–Kier alpha value is -3.51. The third-order valence-corrected chi connectivity index (χ3v) is 4.47. The first-order valence-corrected chi connectivity index (χ1v) is 9.25. The van der Waals surface area contributed by atoms with Crippen molar-refractivity contribution in [3.8, 4) is 0 Å². The maximum absolute atomic E-state index is 12.1. The van der Waals surface area contributed by atoms with Gasteiger partial charge in [0.15, 0.2) is 0 Å². The van der Waals surface area contributed by atoms with Crippen LogP contribution < -0.4 is 21.5 Å². The number of nitrogens with one attached hydrogen (secondary N) is 2. The Labute approximate surface area is 159 Å². The number of nitrogens with two attached hydrogens (primary N) is 2. The molecule has 1 aromatic carbocycles. The van der Waals surface area contributed by atoms with Gasteiger partial charge in [-0.15, -0.1) is 0 Å². The van der Waals surface area contributed by atoms with Crippen molar-refractivity contribution < 1.29 is 27.6 Å². The molecule has 0 unspecified atom stereocenters. The molecule has 148 valence electrons. The van der Waals surface area contributed by atoms with E-state index in [2.05, 4.69) is 10.6 Å². The number of nitrogens with zero attached hydrogens (tertiary/aromatic N) is 1. The Balaban J connectivity index is 1.99. The van der Waals surface area contributed by atoms with Crippen molar-refractivity contribution in [1.29, 1.82) is 0 Å². The van der Waals surface area contributed by atoms with E-state index in [4.69, 9.17) is 10.9 Å². The Morgan fingerprint density at radius 1 is 1.14 bits per heavy atom. The number of hydrogen-bond acceptors (Lipinski definition) is 6. The molecule has 3 amide bonds. The summed E-state index contributed by atoms with van der Waals surface area (Å²) in [4.78, 5) is 46.8. The number of anilines is 1. The highest BCUT2D eigenvalue weighted by Gasteiger charge is 2.23. The van der Waals surface area contributed by atoms with Crippen LogP contribution in [-0.4, -0.2) is 43.0 Å². The number of amides is 3. The summed E-state index contributed by atoms with van der Waals surface area (Å²) >= 11 is 0. The first kappa shape index (κ1) is 20.8. The number of primary amides is 1. The maximum atomic E-state index is 12.1. The van der Waals surface area contributed by atoms with E-state index in [9.17, 15) is 27.6 Å². The summed E-state index contributed by atoms with van der Waals surface area (Å²) in [6.07, 6.45) is 1.09. The van der Waals surface area contributed by atoms with Crippen molar-refractivity contribution in [2.75, 3.05) is 11.9 Å². The van der Waals surface area contributed by atoms with Crippen LogP contribution in [0.4, 0.5) is 5.69 Å². The van der Waals surface area contributed by atoms with Gasteiger partial charge in [-0.05, 0) is 24.3 Å². The van der Waals surface area contributed by atoms with Crippen molar-refractivity contribution in [2.24, 2.45) is 17.9 Å². The van der Waals surface area contributed by atoms with Crippen LogP contribution in [0, 0.1) is 0 Å². The first-order chi connectivity index (χ1) is 13.0. The lowest BCUT2D eigenvalue weighted by atomic mass is 10.2. The van der Waals surface area contributed by atoms with Crippen molar-refractivity contribution in [1.82, 2.24) is 9.88 Å². The van der Waals surface area contributed by atoms with Gasteiger partial charge in [-0.3, -0.25) is 19.2 Å². The van der Waals surface area contributed by atoms with Gasteiger partial charge in [0.1, 0.15) is 4.90 Å². The molecule has 0 spiro atoms. The molecule has 28 heavy (non-hydrogen) atoms. The van der Waals surface area contributed by atoms with Crippen LogP contribution in [0.3, 0.4) is 0 Å². The number of ketones is 1. The van der Waals surface area contributed by atoms with Crippen molar-refractivity contribution in [3.63, 3.8) is 0 Å². The van der Waals surface area contributed by atoms with E-state index in [1.54, 1.807) is 0 Å². The fraction of sp³-hybridized carbons (Fsp3) is 0.125. The standard InChI is InChI=1S/C16H17N5O6S/c1-21-8-11(28(18,26)27)6-12(21)14(23)16(25)19-7-13(22)20-10-4-2-3-9(5-10)15(17)24/h2-6,8H,7H2,1H3,(H2,17,24)(H,19,25)(H,20,22)(H2,18,26,27). The normalized spacial score (nSPS) is 10.9. The quantitative estimate of drug-likeness (QED) is 0.327. The van der Waals surface area contributed by atoms with Gasteiger partial charge >= 0.3 is 0 Å². The third kappa shape index (κ3) is 5.02. The second kappa shape index (κ2) is 8.02. The van der Waals surface area contributed by atoms with Gasteiger partial charge in [0, 0.05) is 24.5 Å². The molecule has 0 aliphatic heterocycles. The number of sulfonamides is 1. The summed E-state index contributed by atoms with van der Waals surface area (Å²) in [7, 11) is -2.67. The van der Waals surface area contributed by atoms with Crippen LogP contribution in [0.2, 0.25) is 0 Å². The van der Waals surface area contributed by atoms with E-state index in [1.165, 1.54) is 31.3 Å². The molecule has 0 saturated carbocycles. The summed E-state index contributed by atoms with van der Waals surface area (Å²) in [6, 6.07) is 6.80. The van der Waals surface area contributed by atoms with Crippen molar-refractivity contribution in [2.45, 2.75) is 4.90 Å². The minimum absolute atomic E-state index is 0.186. The fourth-order valence-corrected chi connectivity index (χ4v) is 2.81. The summed E-state index contributed by atoms with van der Waals surface area (Å²) < 4.78 is 23.8. The summed E-state index contributed by atoms with van der Waals surface area (Å²) in [5.74, 6) is -3.47. The molecule has 0 aliphatic carbocycles. The number of primary sulfonamides is 1. The number of hydrogen-bond donors (Lipinski definition) is 4. The summed E-state index contributed by atoms with van der Waals surface area (Å²) in [6.45, 7) is -0.530. The zero-order chi connectivity index (χ0) is 21.1. The largest absolute Gasteiger partial charge is 0.366 e. The number of Topliss-reactive ketones (excluding diaryl/α,β-unsaturated/α-hetero) is 1. The van der Waals surface area contributed by atoms with E-state index < -0.39 is 40.1 Å². The molecule has 2 rings (SSSR count). The molecule has 2 aromatic rings. The molecule has 0 aliphatic rings. The zero-order valence-electron chi connectivity index (χ0n) is 14.6. The van der Waals surface area contributed by atoms with Crippen LogP contribution in [0.5, 0.6) is 0 Å². The van der Waals surface area contributed by atoms with Crippen LogP contribution >= 0.6 is 0 Å². The molecule has 11 nitrogen and oxygen atoms in total. The topological polar surface area (TPSA) is 183 Å². The van der Waals surface area contributed by atoms with Crippen LogP contribution in [0.15, 0.2) is 41.4 Å². The van der Waals surface area contributed by atoms with Gasteiger partial charge < -0.3 is 20.9 Å². The SMILES string of the molecule is Cn1cc(S(N)(=O)=O)cc1C(=O)C(=O)NCC(=O)Nc1cccc(C(N)=O)c1. The summed E-state index contributed by atoms with van der Waals surface area (Å²) in [5, 5.41) is 9.54. The van der Waals surface area contributed by atoms with Crippen LogP contribution in [-0.2, 0) is 26.7 Å². The predicted molar refractivity (Wildman–Crippen MR) is 97.7 cm³/mol. The van der Waals surface area contributed by atoms with Gasteiger partial charge in [0.2, 0.25) is 21.8 Å². The van der Waals surface area contributed by atoms with Gasteiger partial charge in [0.05, 0.1) is 12.2 Å². The number of carbonyl (C=O) groups excluding carboxylic acids is 4. The molecule has 1 aromatic heterocycles. The highest BCUT2D eigenvalue weighted by molar-refractivity contribution is 7.89. The third-order valence-electron chi connectivity index (χ3n) is 3.59. The fourth-order valence-electron chi connectivity index (χ4n) is 2.23. The number of benzene rings is 1. The number of aryl methyl sites for hydroxylation is 1. The summed E-state index contributed by atoms with van der Waals surface area (Å²) in [5.41, 5.74) is 5.40. The van der Waals surface area contributed by atoms with Crippen LogP contribution in [0.1, 0.15) is 20.8 Å². The average molecular weight is 407 g/mol. The van der Waals surface area contributed by atoms with E-state index in [0.29, 0.717) is 0 Å². The Kier molecular flexibility index (Phi) is 5.96. The van der Waals surface area contributed by atoms with Gasteiger partial charge in [-0.1, -0.05) is 6.07 Å². The maximum Gasteiger partial charge on any atom is 0.294 e. The number of rotatable bonds is 7. The molecule has 12 heteroatoms. The Morgan fingerprint density at radius 2 is 1.82 bits per heavy atom. The Bertz CT molecular complexity index is 1070. The van der Waals surface area contributed by atoms with Gasteiger partial charge in [-0.2, -0.15) is 0 Å². The number of aromatic nitrogens is 1. The molecule has 0 saturated heterocycles.